The van der Waals surface area contributed by atoms with E-state index in [9.17, 15) is 27.6 Å². The van der Waals surface area contributed by atoms with E-state index in [0.29, 0.717) is 6.07 Å². The van der Waals surface area contributed by atoms with Gasteiger partial charge in [0.2, 0.25) is 5.91 Å². The predicted molar refractivity (Wildman–Crippen MR) is 104 cm³/mol. The number of amides is 3. The SMILES string of the molecule is CC(C)(C)OC(=O)NCC(=O)Nc1ccccc1NC(=O)c1ccc(F)c(F)c1F. The maximum atomic E-state index is 13.8. The van der Waals surface area contributed by atoms with E-state index >= 15 is 0 Å². The van der Waals surface area contributed by atoms with Crippen LogP contribution in [0.1, 0.15) is 31.1 Å². The van der Waals surface area contributed by atoms with Gasteiger partial charge in [-0.25, -0.2) is 18.0 Å². The van der Waals surface area contributed by atoms with Crippen LogP contribution in [0.15, 0.2) is 36.4 Å². The van der Waals surface area contributed by atoms with Gasteiger partial charge in [-0.3, -0.25) is 9.59 Å². The zero-order valence-corrected chi connectivity index (χ0v) is 16.4. The van der Waals surface area contributed by atoms with Gasteiger partial charge in [-0.2, -0.15) is 0 Å². The molecule has 0 unspecified atom stereocenters. The van der Waals surface area contributed by atoms with Crippen molar-refractivity contribution in [2.45, 2.75) is 26.4 Å². The molecule has 0 saturated carbocycles. The second-order valence-corrected chi connectivity index (χ2v) is 7.13. The third-order valence-corrected chi connectivity index (χ3v) is 3.52. The van der Waals surface area contributed by atoms with Crippen LogP contribution in [0.2, 0.25) is 0 Å². The molecule has 3 N–H and O–H groups in total. The molecule has 0 bridgehead atoms. The monoisotopic (exact) mass is 423 g/mol. The highest BCUT2D eigenvalue weighted by atomic mass is 19.2. The van der Waals surface area contributed by atoms with Crippen LogP contribution in [0.3, 0.4) is 0 Å². The summed E-state index contributed by atoms with van der Waals surface area (Å²) in [5, 5.41) is 7.07. The molecule has 2 aromatic rings. The van der Waals surface area contributed by atoms with Crippen LogP contribution in [0.5, 0.6) is 0 Å². The molecule has 0 aliphatic carbocycles. The van der Waals surface area contributed by atoms with E-state index in [1.807, 2.05) is 0 Å². The Morgan fingerprint density at radius 3 is 2.10 bits per heavy atom. The number of halogens is 3. The number of nitrogens with one attached hydrogen (secondary N) is 3. The third kappa shape index (κ3) is 6.23. The molecular formula is C20H20F3N3O4. The van der Waals surface area contributed by atoms with E-state index in [1.54, 1.807) is 26.8 Å². The van der Waals surface area contributed by atoms with Crippen molar-refractivity contribution in [1.29, 1.82) is 0 Å². The molecule has 3 amide bonds. The van der Waals surface area contributed by atoms with Crippen molar-refractivity contribution in [3.05, 3.63) is 59.4 Å². The molecule has 0 aliphatic rings. The number of carbonyl (C=O) groups excluding carboxylic acids is 3. The number of hydrogen-bond acceptors (Lipinski definition) is 4. The van der Waals surface area contributed by atoms with Crippen molar-refractivity contribution >= 4 is 29.3 Å². The van der Waals surface area contributed by atoms with E-state index in [4.69, 9.17) is 4.74 Å². The Morgan fingerprint density at radius 1 is 0.900 bits per heavy atom. The number of carbonyl (C=O) groups is 3. The van der Waals surface area contributed by atoms with Crippen molar-refractivity contribution < 1.29 is 32.3 Å². The quantitative estimate of drug-likeness (QED) is 0.637. The summed E-state index contributed by atoms with van der Waals surface area (Å²) in [5.74, 6) is -6.48. The number of anilines is 2. The number of para-hydroxylation sites is 2. The first-order valence-corrected chi connectivity index (χ1v) is 8.78. The first-order chi connectivity index (χ1) is 14.0. The Balaban J connectivity index is 2.06. The summed E-state index contributed by atoms with van der Waals surface area (Å²) in [4.78, 5) is 35.9. The maximum absolute atomic E-state index is 13.8. The van der Waals surface area contributed by atoms with Crippen LogP contribution in [-0.2, 0) is 9.53 Å². The summed E-state index contributed by atoms with van der Waals surface area (Å²) in [6.07, 6.45) is -0.784. The topological polar surface area (TPSA) is 96.5 Å². The van der Waals surface area contributed by atoms with Crippen molar-refractivity contribution in [2.24, 2.45) is 0 Å². The van der Waals surface area contributed by atoms with Crippen LogP contribution < -0.4 is 16.0 Å². The highest BCUT2D eigenvalue weighted by Crippen LogP contribution is 2.23. The number of alkyl carbamates (subject to hydrolysis) is 1. The smallest absolute Gasteiger partial charge is 0.408 e. The van der Waals surface area contributed by atoms with Crippen molar-refractivity contribution in [3.63, 3.8) is 0 Å². The van der Waals surface area contributed by atoms with Crippen molar-refractivity contribution in [3.8, 4) is 0 Å². The molecule has 0 radical (unpaired) electrons. The third-order valence-electron chi connectivity index (χ3n) is 3.52. The van der Waals surface area contributed by atoms with Gasteiger partial charge >= 0.3 is 6.09 Å². The Labute approximate surface area is 170 Å². The molecule has 0 saturated heterocycles. The van der Waals surface area contributed by atoms with Gasteiger partial charge in [0.25, 0.3) is 5.91 Å². The largest absolute Gasteiger partial charge is 0.444 e. The lowest BCUT2D eigenvalue weighted by molar-refractivity contribution is -0.115. The second-order valence-electron chi connectivity index (χ2n) is 7.13. The lowest BCUT2D eigenvalue weighted by Gasteiger charge is -2.19. The fraction of sp³-hybridized carbons (Fsp3) is 0.250. The molecule has 0 fully saturated rings. The summed E-state index contributed by atoms with van der Waals surface area (Å²) < 4.78 is 45.2. The maximum Gasteiger partial charge on any atom is 0.408 e. The molecular weight excluding hydrogens is 403 g/mol. The first kappa shape index (κ1) is 22.7. The molecule has 2 rings (SSSR count). The van der Waals surface area contributed by atoms with Gasteiger partial charge < -0.3 is 20.7 Å². The van der Waals surface area contributed by atoms with Crippen LogP contribution >= 0.6 is 0 Å². The molecule has 30 heavy (non-hydrogen) atoms. The lowest BCUT2D eigenvalue weighted by Crippen LogP contribution is -2.37. The average Bonchev–Trinajstić information content (AvgIpc) is 2.64. The van der Waals surface area contributed by atoms with E-state index in [-0.39, 0.29) is 11.4 Å². The van der Waals surface area contributed by atoms with Crippen molar-refractivity contribution in [1.82, 2.24) is 5.32 Å². The molecule has 10 heteroatoms. The van der Waals surface area contributed by atoms with Crippen LogP contribution in [-0.4, -0.2) is 30.1 Å². The number of benzene rings is 2. The van der Waals surface area contributed by atoms with Gasteiger partial charge in [-0.15, -0.1) is 0 Å². The Bertz CT molecular complexity index is 974. The molecule has 0 heterocycles. The van der Waals surface area contributed by atoms with Gasteiger partial charge in [0.1, 0.15) is 12.1 Å². The standard InChI is InChI=1S/C20H20F3N3O4/c1-20(2,3)30-19(29)24-10-15(27)25-13-6-4-5-7-14(13)26-18(28)11-8-9-12(21)17(23)16(11)22/h4-9H,10H2,1-3H3,(H,24,29)(H,25,27)(H,26,28). The summed E-state index contributed by atoms with van der Waals surface area (Å²) in [6.45, 7) is 4.60. The zero-order chi connectivity index (χ0) is 22.5. The molecule has 7 nitrogen and oxygen atoms in total. The molecule has 0 aromatic heterocycles. The molecule has 0 aliphatic heterocycles. The van der Waals surface area contributed by atoms with E-state index in [1.165, 1.54) is 18.2 Å². The van der Waals surface area contributed by atoms with Gasteiger partial charge in [0.05, 0.1) is 16.9 Å². The van der Waals surface area contributed by atoms with E-state index in [0.717, 1.165) is 6.07 Å². The minimum atomic E-state index is -1.77. The predicted octanol–water partition coefficient (Wildman–Crippen LogP) is 3.82. The minimum Gasteiger partial charge on any atom is -0.444 e. The zero-order valence-electron chi connectivity index (χ0n) is 16.4. The van der Waals surface area contributed by atoms with Gasteiger partial charge in [-0.1, -0.05) is 12.1 Å². The Hall–Kier alpha value is -3.56. The highest BCUT2D eigenvalue weighted by molar-refractivity contribution is 6.07. The molecule has 160 valence electrons. The summed E-state index contributed by atoms with van der Waals surface area (Å²) in [7, 11) is 0. The molecule has 2 aromatic carbocycles. The van der Waals surface area contributed by atoms with E-state index < -0.39 is 53.1 Å². The van der Waals surface area contributed by atoms with Gasteiger partial charge in [0, 0.05) is 0 Å². The summed E-state index contributed by atoms with van der Waals surface area (Å²) in [6, 6.07) is 7.38. The molecule has 0 atom stereocenters. The fourth-order valence-corrected chi connectivity index (χ4v) is 2.25. The number of ether oxygens (including phenoxy) is 1. The number of hydrogen-bond donors (Lipinski definition) is 3. The van der Waals surface area contributed by atoms with Gasteiger partial charge in [0.15, 0.2) is 17.5 Å². The normalized spacial score (nSPS) is 10.9. The van der Waals surface area contributed by atoms with Gasteiger partial charge in [-0.05, 0) is 45.0 Å². The molecule has 0 spiro atoms. The average molecular weight is 423 g/mol. The Morgan fingerprint density at radius 2 is 1.50 bits per heavy atom. The Kier molecular flexibility index (Phi) is 7.04. The fourth-order valence-electron chi connectivity index (χ4n) is 2.25. The van der Waals surface area contributed by atoms with Crippen LogP contribution in [0.4, 0.5) is 29.3 Å². The van der Waals surface area contributed by atoms with Crippen LogP contribution in [0, 0.1) is 17.5 Å². The first-order valence-electron chi connectivity index (χ1n) is 8.78. The summed E-state index contributed by atoms with van der Waals surface area (Å²) in [5.41, 5.74) is -1.21. The second kappa shape index (κ2) is 9.29. The minimum absolute atomic E-state index is 0.0808. The summed E-state index contributed by atoms with van der Waals surface area (Å²) >= 11 is 0. The lowest BCUT2D eigenvalue weighted by atomic mass is 10.1. The number of rotatable bonds is 5. The van der Waals surface area contributed by atoms with Crippen LogP contribution in [0.25, 0.3) is 0 Å². The highest BCUT2D eigenvalue weighted by Gasteiger charge is 2.20. The van der Waals surface area contributed by atoms with E-state index in [2.05, 4.69) is 16.0 Å². The van der Waals surface area contributed by atoms with Crippen molar-refractivity contribution in [2.75, 3.05) is 17.2 Å².